The molecule has 0 saturated heterocycles. The zero-order valence-corrected chi connectivity index (χ0v) is 17.2. The van der Waals surface area contributed by atoms with E-state index >= 15 is 0 Å². The van der Waals surface area contributed by atoms with Crippen LogP contribution in [-0.4, -0.2) is 17.5 Å². The fourth-order valence-corrected chi connectivity index (χ4v) is 4.09. The Bertz CT molecular complexity index is 1250. The van der Waals surface area contributed by atoms with Crippen molar-refractivity contribution in [2.75, 3.05) is 11.9 Å². The van der Waals surface area contributed by atoms with Gasteiger partial charge in [0.1, 0.15) is 16.9 Å². The Morgan fingerprint density at radius 1 is 1.25 bits per heavy atom. The highest BCUT2D eigenvalue weighted by atomic mass is 79.9. The second kappa shape index (κ2) is 7.73. The maximum atomic E-state index is 12.6. The number of nitrogens with one attached hydrogen (secondary N) is 1. The van der Waals surface area contributed by atoms with Crippen LogP contribution in [0.2, 0.25) is 0 Å². The number of ether oxygens (including phenoxy) is 1. The maximum absolute atomic E-state index is 12.6. The Morgan fingerprint density at radius 2 is 2.11 bits per heavy atom. The quantitative estimate of drug-likeness (QED) is 0.415. The molecular weight excluding hydrogens is 444 g/mol. The number of thiazole rings is 1. The van der Waals surface area contributed by atoms with Crippen LogP contribution >= 0.6 is 27.3 Å². The van der Waals surface area contributed by atoms with Crippen LogP contribution in [0.3, 0.4) is 0 Å². The Hall–Kier alpha value is -2.71. The van der Waals surface area contributed by atoms with Crippen LogP contribution < -0.4 is 15.7 Å². The average molecular weight is 459 g/mol. The second-order valence-corrected chi connectivity index (χ2v) is 8.03. The lowest BCUT2D eigenvalue weighted by molar-refractivity contribution is 0.102. The lowest BCUT2D eigenvalue weighted by atomic mass is 10.1. The van der Waals surface area contributed by atoms with E-state index in [1.54, 1.807) is 18.2 Å². The summed E-state index contributed by atoms with van der Waals surface area (Å²) in [4.78, 5) is 29.3. The number of anilines is 1. The number of halogens is 1. The minimum Gasteiger partial charge on any atom is -0.493 e. The van der Waals surface area contributed by atoms with Crippen LogP contribution in [0.15, 0.2) is 56.1 Å². The number of carbonyl (C=O) groups is 1. The lowest BCUT2D eigenvalue weighted by Crippen LogP contribution is -2.20. The smallest absolute Gasteiger partial charge is 0.349 e. The van der Waals surface area contributed by atoms with E-state index in [-0.39, 0.29) is 5.56 Å². The SMILES string of the molecule is CCCOc1ccc2cc(C(=O)Nc3nc4ccc(Br)cc4s3)c(=O)oc2c1. The highest BCUT2D eigenvalue weighted by molar-refractivity contribution is 9.10. The first-order chi connectivity index (χ1) is 13.5. The minimum absolute atomic E-state index is 0.0739. The normalized spacial score (nSPS) is 11.1. The molecule has 0 aliphatic heterocycles. The van der Waals surface area contributed by atoms with Crippen LogP contribution in [0.1, 0.15) is 23.7 Å². The van der Waals surface area contributed by atoms with Crippen molar-refractivity contribution in [3.63, 3.8) is 0 Å². The van der Waals surface area contributed by atoms with E-state index in [0.717, 1.165) is 21.1 Å². The zero-order valence-electron chi connectivity index (χ0n) is 14.8. The molecule has 2 heterocycles. The highest BCUT2D eigenvalue weighted by Crippen LogP contribution is 2.29. The van der Waals surface area contributed by atoms with Gasteiger partial charge < -0.3 is 9.15 Å². The molecule has 2 aromatic heterocycles. The van der Waals surface area contributed by atoms with Crippen molar-refractivity contribution in [3.05, 3.63) is 62.9 Å². The molecule has 0 spiro atoms. The highest BCUT2D eigenvalue weighted by Gasteiger charge is 2.16. The zero-order chi connectivity index (χ0) is 19.7. The number of fused-ring (bicyclic) bond motifs is 2. The van der Waals surface area contributed by atoms with Crippen molar-refractivity contribution >= 4 is 59.5 Å². The van der Waals surface area contributed by atoms with E-state index in [2.05, 4.69) is 26.2 Å². The summed E-state index contributed by atoms with van der Waals surface area (Å²) in [5, 5.41) is 3.74. The lowest BCUT2D eigenvalue weighted by Gasteiger charge is -2.06. The number of rotatable bonds is 5. The van der Waals surface area contributed by atoms with Crippen molar-refractivity contribution in [2.24, 2.45) is 0 Å². The molecule has 4 rings (SSSR count). The van der Waals surface area contributed by atoms with Gasteiger partial charge in [0.25, 0.3) is 5.91 Å². The Kier molecular flexibility index (Phi) is 5.15. The molecule has 8 heteroatoms. The molecule has 1 N–H and O–H groups in total. The third-order valence-corrected chi connectivity index (χ3v) is 5.42. The van der Waals surface area contributed by atoms with E-state index in [1.165, 1.54) is 17.4 Å². The van der Waals surface area contributed by atoms with Gasteiger partial charge in [0.2, 0.25) is 0 Å². The van der Waals surface area contributed by atoms with Gasteiger partial charge in [-0.1, -0.05) is 34.2 Å². The predicted octanol–water partition coefficient (Wildman–Crippen LogP) is 5.21. The first-order valence-electron chi connectivity index (χ1n) is 8.61. The van der Waals surface area contributed by atoms with E-state index in [4.69, 9.17) is 9.15 Å². The molecule has 4 aromatic rings. The van der Waals surface area contributed by atoms with Crippen LogP contribution in [-0.2, 0) is 0 Å². The third kappa shape index (κ3) is 3.79. The van der Waals surface area contributed by atoms with E-state index in [0.29, 0.717) is 28.5 Å². The molecule has 2 aromatic carbocycles. The number of nitrogens with zero attached hydrogens (tertiary/aromatic N) is 1. The van der Waals surface area contributed by atoms with Gasteiger partial charge >= 0.3 is 5.63 Å². The van der Waals surface area contributed by atoms with Crippen molar-refractivity contribution in [1.29, 1.82) is 0 Å². The van der Waals surface area contributed by atoms with Gasteiger partial charge in [-0.2, -0.15) is 0 Å². The molecule has 0 fully saturated rings. The number of hydrogen-bond donors (Lipinski definition) is 1. The van der Waals surface area contributed by atoms with Gasteiger partial charge in [-0.05, 0) is 42.8 Å². The van der Waals surface area contributed by atoms with E-state index < -0.39 is 11.5 Å². The van der Waals surface area contributed by atoms with Crippen molar-refractivity contribution in [1.82, 2.24) is 4.98 Å². The molecule has 0 aliphatic rings. The van der Waals surface area contributed by atoms with Crippen molar-refractivity contribution < 1.29 is 13.9 Å². The summed E-state index contributed by atoms with van der Waals surface area (Å²) >= 11 is 4.74. The van der Waals surface area contributed by atoms with Gasteiger partial charge in [-0.25, -0.2) is 9.78 Å². The fourth-order valence-electron chi connectivity index (χ4n) is 2.68. The molecule has 0 aliphatic carbocycles. The van der Waals surface area contributed by atoms with Crippen LogP contribution in [0.5, 0.6) is 5.75 Å². The van der Waals surface area contributed by atoms with E-state index in [1.807, 2.05) is 25.1 Å². The minimum atomic E-state index is -0.707. The van der Waals surface area contributed by atoms with Crippen LogP contribution in [0.4, 0.5) is 5.13 Å². The van der Waals surface area contributed by atoms with Crippen LogP contribution in [0, 0.1) is 0 Å². The fraction of sp³-hybridized carbons (Fsp3) is 0.150. The monoisotopic (exact) mass is 458 g/mol. The van der Waals surface area contributed by atoms with E-state index in [9.17, 15) is 9.59 Å². The molecule has 0 atom stereocenters. The summed E-state index contributed by atoms with van der Waals surface area (Å²) in [5.74, 6) is 0.0652. The number of carbonyl (C=O) groups excluding carboxylic acids is 1. The largest absolute Gasteiger partial charge is 0.493 e. The second-order valence-electron chi connectivity index (χ2n) is 6.08. The van der Waals surface area contributed by atoms with Gasteiger partial charge in [-0.15, -0.1) is 0 Å². The molecular formula is C20H15BrN2O4S. The number of aromatic nitrogens is 1. The molecule has 142 valence electrons. The number of amides is 1. The Morgan fingerprint density at radius 3 is 2.93 bits per heavy atom. The summed E-state index contributed by atoms with van der Waals surface area (Å²) in [6, 6.07) is 12.4. The molecule has 1 amide bonds. The van der Waals surface area contributed by atoms with Crippen molar-refractivity contribution in [2.45, 2.75) is 13.3 Å². The van der Waals surface area contributed by atoms with Gasteiger partial charge in [0.05, 0.1) is 16.8 Å². The maximum Gasteiger partial charge on any atom is 0.349 e. The third-order valence-electron chi connectivity index (χ3n) is 4.00. The molecule has 0 bridgehead atoms. The first kappa shape index (κ1) is 18.6. The summed E-state index contributed by atoms with van der Waals surface area (Å²) in [6.45, 7) is 2.59. The van der Waals surface area contributed by atoms with Gasteiger partial charge in [0, 0.05) is 15.9 Å². The summed E-state index contributed by atoms with van der Waals surface area (Å²) in [7, 11) is 0. The molecule has 6 nitrogen and oxygen atoms in total. The number of benzene rings is 2. The van der Waals surface area contributed by atoms with Crippen LogP contribution in [0.25, 0.3) is 21.2 Å². The summed E-state index contributed by atoms with van der Waals surface area (Å²) in [5.41, 5.74) is 0.366. The Balaban J connectivity index is 1.62. The molecule has 0 radical (unpaired) electrons. The topological polar surface area (TPSA) is 81.4 Å². The number of hydrogen-bond acceptors (Lipinski definition) is 6. The van der Waals surface area contributed by atoms with Crippen molar-refractivity contribution in [3.8, 4) is 5.75 Å². The summed E-state index contributed by atoms with van der Waals surface area (Å²) < 4.78 is 12.7. The molecule has 0 unspecified atom stereocenters. The molecule has 0 saturated carbocycles. The molecule has 28 heavy (non-hydrogen) atoms. The average Bonchev–Trinajstić information content (AvgIpc) is 3.06. The van der Waals surface area contributed by atoms with Gasteiger partial charge in [0.15, 0.2) is 5.13 Å². The standard InChI is InChI=1S/C20H15BrN2O4S/c1-2-7-26-13-5-3-11-8-14(19(25)27-16(11)10-13)18(24)23-20-22-15-6-4-12(21)9-17(15)28-20/h3-6,8-10H,2,7H2,1H3,(H,22,23,24). The Labute approximate surface area is 172 Å². The first-order valence-corrected chi connectivity index (χ1v) is 10.2. The predicted molar refractivity (Wildman–Crippen MR) is 114 cm³/mol. The summed E-state index contributed by atoms with van der Waals surface area (Å²) in [6.07, 6.45) is 0.879. The van der Waals surface area contributed by atoms with Gasteiger partial charge in [-0.3, -0.25) is 10.1 Å².